The molecule has 2 N–H and O–H groups in total. The van der Waals surface area contributed by atoms with Gasteiger partial charge in [0.15, 0.2) is 0 Å². The molecule has 5 heteroatoms. The molecule has 2 aromatic carbocycles. The summed E-state index contributed by atoms with van der Waals surface area (Å²) >= 11 is 3.52. The molecule has 0 radical (unpaired) electrons. The molecule has 0 aliphatic rings. The molecule has 4 nitrogen and oxygen atoms in total. The molecule has 1 heterocycles. The van der Waals surface area contributed by atoms with Gasteiger partial charge in [-0.2, -0.15) is 4.98 Å². The first-order valence-electron chi connectivity index (χ1n) is 7.31. The SMILES string of the molecule is Cc1cccc(Nc2cc(C)nc(Nc3ccccc3Br)n2)c1. The topological polar surface area (TPSA) is 49.8 Å². The summed E-state index contributed by atoms with van der Waals surface area (Å²) in [5, 5.41) is 6.57. The van der Waals surface area contributed by atoms with Gasteiger partial charge >= 0.3 is 0 Å². The Morgan fingerprint density at radius 3 is 2.48 bits per heavy atom. The number of nitrogens with one attached hydrogen (secondary N) is 2. The largest absolute Gasteiger partial charge is 0.340 e. The lowest BCUT2D eigenvalue weighted by Gasteiger charge is -2.11. The normalized spacial score (nSPS) is 10.4. The van der Waals surface area contributed by atoms with Crippen LogP contribution >= 0.6 is 15.9 Å². The second kappa shape index (κ2) is 6.79. The fourth-order valence-electron chi connectivity index (χ4n) is 2.24. The highest BCUT2D eigenvalue weighted by Crippen LogP contribution is 2.25. The van der Waals surface area contributed by atoms with Gasteiger partial charge in [-0.15, -0.1) is 0 Å². The van der Waals surface area contributed by atoms with Crippen molar-refractivity contribution in [1.29, 1.82) is 0 Å². The third-order valence-corrected chi connectivity index (χ3v) is 3.96. The van der Waals surface area contributed by atoms with Gasteiger partial charge in [0.25, 0.3) is 0 Å². The van der Waals surface area contributed by atoms with E-state index in [2.05, 4.69) is 55.6 Å². The van der Waals surface area contributed by atoms with Crippen molar-refractivity contribution in [3.8, 4) is 0 Å². The van der Waals surface area contributed by atoms with Crippen LogP contribution in [-0.2, 0) is 0 Å². The van der Waals surface area contributed by atoms with E-state index in [1.807, 2.05) is 49.4 Å². The van der Waals surface area contributed by atoms with Crippen molar-refractivity contribution in [3.05, 3.63) is 70.3 Å². The van der Waals surface area contributed by atoms with E-state index in [9.17, 15) is 0 Å². The van der Waals surface area contributed by atoms with Crippen LogP contribution in [-0.4, -0.2) is 9.97 Å². The van der Waals surface area contributed by atoms with Crippen LogP contribution in [0.2, 0.25) is 0 Å². The van der Waals surface area contributed by atoms with E-state index in [0.29, 0.717) is 5.95 Å². The summed E-state index contributed by atoms with van der Waals surface area (Å²) in [6, 6.07) is 18.0. The lowest BCUT2D eigenvalue weighted by atomic mass is 10.2. The number of rotatable bonds is 4. The van der Waals surface area contributed by atoms with Crippen LogP contribution in [0, 0.1) is 13.8 Å². The Morgan fingerprint density at radius 1 is 0.870 bits per heavy atom. The Labute approximate surface area is 144 Å². The number of benzene rings is 2. The monoisotopic (exact) mass is 368 g/mol. The smallest absolute Gasteiger partial charge is 0.229 e. The molecule has 3 rings (SSSR count). The van der Waals surface area contributed by atoms with Crippen LogP contribution in [0.25, 0.3) is 0 Å². The number of hydrogen-bond donors (Lipinski definition) is 2. The van der Waals surface area contributed by atoms with Crippen LogP contribution in [0.3, 0.4) is 0 Å². The average molecular weight is 369 g/mol. The molecular formula is C18H17BrN4. The Balaban J connectivity index is 1.86. The number of para-hydroxylation sites is 1. The predicted octanol–water partition coefficient (Wildman–Crippen LogP) is 5.34. The van der Waals surface area contributed by atoms with E-state index in [0.717, 1.165) is 27.4 Å². The van der Waals surface area contributed by atoms with Crippen LogP contribution in [0.5, 0.6) is 0 Å². The van der Waals surface area contributed by atoms with E-state index in [1.54, 1.807) is 0 Å². The standard InChI is InChI=1S/C18H17BrN4/c1-12-6-5-7-14(10-12)21-17-11-13(2)20-18(23-17)22-16-9-4-3-8-15(16)19/h3-11H,1-2H3,(H2,20,21,22,23). The van der Waals surface area contributed by atoms with Gasteiger partial charge in [-0.3, -0.25) is 0 Å². The van der Waals surface area contributed by atoms with Crippen molar-refractivity contribution < 1.29 is 0 Å². The maximum atomic E-state index is 4.54. The van der Waals surface area contributed by atoms with Gasteiger partial charge < -0.3 is 10.6 Å². The number of aromatic nitrogens is 2. The highest BCUT2D eigenvalue weighted by Gasteiger charge is 2.05. The van der Waals surface area contributed by atoms with E-state index in [-0.39, 0.29) is 0 Å². The summed E-state index contributed by atoms with van der Waals surface area (Å²) < 4.78 is 0.971. The number of hydrogen-bond acceptors (Lipinski definition) is 4. The fraction of sp³-hybridized carbons (Fsp3) is 0.111. The van der Waals surface area contributed by atoms with Gasteiger partial charge in [-0.25, -0.2) is 4.98 Å². The highest BCUT2D eigenvalue weighted by molar-refractivity contribution is 9.10. The third-order valence-electron chi connectivity index (χ3n) is 3.27. The summed E-state index contributed by atoms with van der Waals surface area (Å²) in [6.45, 7) is 4.02. The van der Waals surface area contributed by atoms with Gasteiger partial charge in [0.1, 0.15) is 5.82 Å². The van der Waals surface area contributed by atoms with Crippen molar-refractivity contribution in [2.75, 3.05) is 10.6 Å². The maximum absolute atomic E-state index is 4.54. The first-order valence-corrected chi connectivity index (χ1v) is 8.10. The van der Waals surface area contributed by atoms with Gasteiger partial charge in [0.05, 0.1) is 5.69 Å². The number of halogens is 1. The Bertz CT molecular complexity index is 833. The predicted molar refractivity (Wildman–Crippen MR) is 98.7 cm³/mol. The molecule has 3 aromatic rings. The summed E-state index contributed by atoms with van der Waals surface area (Å²) in [5.41, 5.74) is 4.03. The summed E-state index contributed by atoms with van der Waals surface area (Å²) in [5.74, 6) is 1.32. The Morgan fingerprint density at radius 2 is 1.70 bits per heavy atom. The summed E-state index contributed by atoms with van der Waals surface area (Å²) in [6.07, 6.45) is 0. The first-order chi connectivity index (χ1) is 11.1. The molecule has 0 unspecified atom stereocenters. The average Bonchev–Trinajstić information content (AvgIpc) is 2.49. The van der Waals surface area contributed by atoms with Gasteiger partial charge in [0, 0.05) is 21.9 Å². The minimum Gasteiger partial charge on any atom is -0.340 e. The Kier molecular flexibility index (Phi) is 4.57. The second-order valence-corrected chi connectivity index (χ2v) is 6.17. The van der Waals surface area contributed by atoms with Crippen molar-refractivity contribution in [2.24, 2.45) is 0 Å². The van der Waals surface area contributed by atoms with Crippen LogP contribution in [0.4, 0.5) is 23.1 Å². The van der Waals surface area contributed by atoms with Crippen molar-refractivity contribution >= 4 is 39.1 Å². The molecule has 0 saturated carbocycles. The maximum Gasteiger partial charge on any atom is 0.229 e. The zero-order chi connectivity index (χ0) is 16.2. The van der Waals surface area contributed by atoms with Crippen molar-refractivity contribution in [3.63, 3.8) is 0 Å². The molecule has 0 saturated heterocycles. The van der Waals surface area contributed by atoms with E-state index < -0.39 is 0 Å². The lowest BCUT2D eigenvalue weighted by Crippen LogP contribution is -2.02. The lowest BCUT2D eigenvalue weighted by molar-refractivity contribution is 1.11. The van der Waals surface area contributed by atoms with E-state index in [1.165, 1.54) is 5.56 Å². The minimum absolute atomic E-state index is 0.562. The third kappa shape index (κ3) is 4.07. The zero-order valence-electron chi connectivity index (χ0n) is 13.0. The van der Waals surface area contributed by atoms with Crippen LogP contribution in [0.1, 0.15) is 11.3 Å². The van der Waals surface area contributed by atoms with Gasteiger partial charge in [-0.05, 0) is 59.6 Å². The van der Waals surface area contributed by atoms with Crippen molar-refractivity contribution in [1.82, 2.24) is 9.97 Å². The molecule has 0 amide bonds. The molecule has 23 heavy (non-hydrogen) atoms. The van der Waals surface area contributed by atoms with E-state index >= 15 is 0 Å². The molecule has 0 atom stereocenters. The first kappa shape index (κ1) is 15.5. The van der Waals surface area contributed by atoms with Crippen LogP contribution in [0.15, 0.2) is 59.1 Å². The zero-order valence-corrected chi connectivity index (χ0v) is 14.6. The Hall–Kier alpha value is -2.40. The summed E-state index contributed by atoms with van der Waals surface area (Å²) in [7, 11) is 0. The fourth-order valence-corrected chi connectivity index (χ4v) is 2.63. The quantitative estimate of drug-likeness (QED) is 0.652. The molecule has 116 valence electrons. The van der Waals surface area contributed by atoms with Crippen LogP contribution < -0.4 is 10.6 Å². The van der Waals surface area contributed by atoms with Crippen molar-refractivity contribution in [2.45, 2.75) is 13.8 Å². The van der Waals surface area contributed by atoms with E-state index in [4.69, 9.17) is 0 Å². The molecule has 0 spiro atoms. The molecule has 1 aromatic heterocycles. The molecular weight excluding hydrogens is 352 g/mol. The minimum atomic E-state index is 0.562. The number of anilines is 4. The summed E-state index contributed by atoms with van der Waals surface area (Å²) in [4.78, 5) is 8.99. The number of aryl methyl sites for hydroxylation is 2. The second-order valence-electron chi connectivity index (χ2n) is 5.32. The molecule has 0 bridgehead atoms. The molecule has 0 fully saturated rings. The molecule has 0 aliphatic carbocycles. The van der Waals surface area contributed by atoms with Gasteiger partial charge in [0.2, 0.25) is 5.95 Å². The van der Waals surface area contributed by atoms with Gasteiger partial charge in [-0.1, -0.05) is 24.3 Å². The highest BCUT2D eigenvalue weighted by atomic mass is 79.9. The number of nitrogens with zero attached hydrogens (tertiary/aromatic N) is 2. The molecule has 0 aliphatic heterocycles.